The van der Waals surface area contributed by atoms with Crippen LogP contribution in [-0.4, -0.2) is 36.4 Å². The highest BCUT2D eigenvalue weighted by molar-refractivity contribution is 5.87. The largest absolute Gasteiger partial charge is 0.497 e. The predicted molar refractivity (Wildman–Crippen MR) is 133 cm³/mol. The number of rotatable bonds is 7. The van der Waals surface area contributed by atoms with Crippen molar-refractivity contribution in [2.45, 2.75) is 25.9 Å². The Morgan fingerprint density at radius 2 is 1.32 bits per heavy atom. The van der Waals surface area contributed by atoms with Crippen LogP contribution in [0.4, 0.5) is 0 Å². The minimum atomic E-state index is -0.808. The van der Waals surface area contributed by atoms with E-state index in [0.717, 1.165) is 44.0 Å². The highest BCUT2D eigenvalue weighted by Crippen LogP contribution is 2.25. The summed E-state index contributed by atoms with van der Waals surface area (Å²) in [6.07, 6.45) is 0.0652. The molecule has 0 spiro atoms. The monoisotopic (exact) mass is 460 g/mol. The molecule has 0 radical (unpaired) electrons. The molecule has 176 valence electrons. The van der Waals surface area contributed by atoms with Crippen LogP contribution in [0.5, 0.6) is 5.75 Å². The normalized spacial score (nSPS) is 11.5. The number of methoxy groups -OCH3 is 2. The maximum atomic E-state index is 10.9. The SMILES string of the molecule is COCc1ccc2cc(CC(=O)O)ccc2c1.COc1ccc2cc([C@H](C)C(=O)O)ccc2c1. The summed E-state index contributed by atoms with van der Waals surface area (Å²) >= 11 is 0. The smallest absolute Gasteiger partial charge is 0.310 e. The van der Waals surface area contributed by atoms with E-state index in [2.05, 4.69) is 6.07 Å². The van der Waals surface area contributed by atoms with Crippen LogP contribution >= 0.6 is 0 Å². The van der Waals surface area contributed by atoms with Gasteiger partial charge in [-0.25, -0.2) is 0 Å². The fraction of sp³-hybridized carbons (Fsp3) is 0.214. The molecule has 0 saturated heterocycles. The maximum absolute atomic E-state index is 10.9. The summed E-state index contributed by atoms with van der Waals surface area (Å²) in [6, 6.07) is 23.2. The first-order valence-electron chi connectivity index (χ1n) is 10.8. The number of benzene rings is 4. The van der Waals surface area contributed by atoms with Crippen molar-refractivity contribution >= 4 is 33.5 Å². The summed E-state index contributed by atoms with van der Waals surface area (Å²) in [4.78, 5) is 21.5. The lowest BCUT2D eigenvalue weighted by Crippen LogP contribution is -2.06. The van der Waals surface area contributed by atoms with E-state index in [1.807, 2.05) is 66.7 Å². The molecular formula is C28H28O6. The van der Waals surface area contributed by atoms with Gasteiger partial charge in [-0.05, 0) is 63.4 Å². The highest BCUT2D eigenvalue weighted by Gasteiger charge is 2.13. The lowest BCUT2D eigenvalue weighted by Gasteiger charge is -2.08. The molecule has 0 bridgehead atoms. The third kappa shape index (κ3) is 6.33. The second-order valence-electron chi connectivity index (χ2n) is 8.05. The van der Waals surface area contributed by atoms with E-state index in [4.69, 9.17) is 19.7 Å². The second kappa shape index (κ2) is 11.3. The number of aliphatic carboxylic acids is 2. The molecule has 0 aliphatic heterocycles. The standard InChI is InChI=1S/2C14H14O3/c1-9(14(15)16)10-3-4-12-8-13(17-2)6-5-11(12)7-10;1-17-9-11-3-5-12-6-10(8-14(15)16)2-4-13(12)7-11/h3-9H,1-2H3,(H,15,16);2-7H,8-9H2,1H3,(H,15,16)/t9-;/m0./s1. The molecule has 6 heteroatoms. The van der Waals surface area contributed by atoms with E-state index in [0.29, 0.717) is 6.61 Å². The van der Waals surface area contributed by atoms with Crippen LogP contribution in [-0.2, 0) is 27.4 Å². The Kier molecular flexibility index (Phi) is 8.22. The number of fused-ring (bicyclic) bond motifs is 2. The van der Waals surface area contributed by atoms with Crippen LogP contribution in [0, 0.1) is 0 Å². The Hall–Kier alpha value is -3.90. The number of ether oxygens (including phenoxy) is 2. The van der Waals surface area contributed by atoms with Crippen molar-refractivity contribution < 1.29 is 29.3 Å². The first-order chi connectivity index (χ1) is 16.3. The zero-order chi connectivity index (χ0) is 24.7. The minimum Gasteiger partial charge on any atom is -0.497 e. The fourth-order valence-electron chi connectivity index (χ4n) is 3.67. The Bertz CT molecular complexity index is 1310. The molecule has 0 aliphatic carbocycles. The van der Waals surface area contributed by atoms with Crippen LogP contribution in [0.2, 0.25) is 0 Å². The lowest BCUT2D eigenvalue weighted by atomic mass is 9.98. The molecule has 0 unspecified atom stereocenters. The molecule has 2 N–H and O–H groups in total. The molecule has 6 nitrogen and oxygen atoms in total. The van der Waals surface area contributed by atoms with Crippen molar-refractivity contribution in [2.24, 2.45) is 0 Å². The zero-order valence-electron chi connectivity index (χ0n) is 19.4. The molecule has 0 heterocycles. The first kappa shape index (κ1) is 24.7. The van der Waals surface area contributed by atoms with Gasteiger partial charge in [-0.1, -0.05) is 54.6 Å². The minimum absolute atomic E-state index is 0.0652. The van der Waals surface area contributed by atoms with Gasteiger partial charge in [0.1, 0.15) is 5.75 Å². The zero-order valence-corrected chi connectivity index (χ0v) is 19.4. The molecule has 34 heavy (non-hydrogen) atoms. The van der Waals surface area contributed by atoms with Crippen molar-refractivity contribution in [3.05, 3.63) is 89.5 Å². The van der Waals surface area contributed by atoms with Gasteiger partial charge in [0, 0.05) is 7.11 Å². The summed E-state index contributed by atoms with van der Waals surface area (Å²) < 4.78 is 10.2. The average Bonchev–Trinajstić information content (AvgIpc) is 2.83. The van der Waals surface area contributed by atoms with Gasteiger partial charge >= 0.3 is 11.9 Å². The van der Waals surface area contributed by atoms with E-state index in [9.17, 15) is 9.59 Å². The molecule has 0 aliphatic rings. The van der Waals surface area contributed by atoms with Crippen molar-refractivity contribution in [3.8, 4) is 5.75 Å². The second-order valence-corrected chi connectivity index (χ2v) is 8.05. The summed E-state index contributed by atoms with van der Waals surface area (Å²) in [5.74, 6) is -1.30. The Balaban J connectivity index is 0.000000191. The fourth-order valence-corrected chi connectivity index (χ4v) is 3.67. The molecule has 0 saturated carbocycles. The van der Waals surface area contributed by atoms with Gasteiger partial charge in [0.25, 0.3) is 0 Å². The number of carbonyl (C=O) groups is 2. The third-order valence-corrected chi connectivity index (χ3v) is 5.58. The van der Waals surface area contributed by atoms with Crippen LogP contribution in [0.1, 0.15) is 29.5 Å². The third-order valence-electron chi connectivity index (χ3n) is 5.58. The van der Waals surface area contributed by atoms with E-state index in [1.54, 1.807) is 21.1 Å². The van der Waals surface area contributed by atoms with Gasteiger partial charge in [-0.15, -0.1) is 0 Å². The van der Waals surface area contributed by atoms with Gasteiger partial charge < -0.3 is 19.7 Å². The van der Waals surface area contributed by atoms with Crippen LogP contribution in [0.3, 0.4) is 0 Å². The molecule has 0 amide bonds. The molecule has 1 atom stereocenters. The lowest BCUT2D eigenvalue weighted by molar-refractivity contribution is -0.138. The number of carboxylic acids is 2. The molecule has 0 aromatic heterocycles. The molecule has 4 aromatic rings. The highest BCUT2D eigenvalue weighted by atomic mass is 16.5. The Morgan fingerprint density at radius 3 is 1.94 bits per heavy atom. The maximum Gasteiger partial charge on any atom is 0.310 e. The quantitative estimate of drug-likeness (QED) is 0.370. The van der Waals surface area contributed by atoms with Crippen molar-refractivity contribution in [1.82, 2.24) is 0 Å². The van der Waals surface area contributed by atoms with E-state index in [-0.39, 0.29) is 6.42 Å². The van der Waals surface area contributed by atoms with E-state index in [1.165, 1.54) is 0 Å². The van der Waals surface area contributed by atoms with Crippen molar-refractivity contribution in [3.63, 3.8) is 0 Å². The summed E-state index contributed by atoms with van der Waals surface area (Å²) in [5.41, 5.74) is 2.76. The summed E-state index contributed by atoms with van der Waals surface area (Å²) in [7, 11) is 3.29. The summed E-state index contributed by atoms with van der Waals surface area (Å²) in [6.45, 7) is 2.28. The van der Waals surface area contributed by atoms with Crippen LogP contribution < -0.4 is 4.74 Å². The van der Waals surface area contributed by atoms with Gasteiger partial charge in [0.05, 0.1) is 26.1 Å². The van der Waals surface area contributed by atoms with Gasteiger partial charge in [0.2, 0.25) is 0 Å². The summed E-state index contributed by atoms with van der Waals surface area (Å²) in [5, 5.41) is 21.9. The first-order valence-corrected chi connectivity index (χ1v) is 10.8. The van der Waals surface area contributed by atoms with Gasteiger partial charge in [-0.3, -0.25) is 9.59 Å². The molecule has 0 fully saturated rings. The van der Waals surface area contributed by atoms with E-state index >= 15 is 0 Å². The Labute approximate surface area is 198 Å². The van der Waals surface area contributed by atoms with Crippen molar-refractivity contribution in [2.75, 3.05) is 14.2 Å². The van der Waals surface area contributed by atoms with Gasteiger partial charge in [0.15, 0.2) is 0 Å². The number of carboxylic acid groups (broad SMARTS) is 2. The van der Waals surface area contributed by atoms with Crippen molar-refractivity contribution in [1.29, 1.82) is 0 Å². The van der Waals surface area contributed by atoms with Gasteiger partial charge in [-0.2, -0.15) is 0 Å². The average molecular weight is 461 g/mol. The molecule has 4 rings (SSSR count). The van der Waals surface area contributed by atoms with Crippen LogP contribution in [0.25, 0.3) is 21.5 Å². The Morgan fingerprint density at radius 1 is 0.765 bits per heavy atom. The number of hydrogen-bond donors (Lipinski definition) is 2. The topological polar surface area (TPSA) is 93.1 Å². The predicted octanol–water partition coefficient (Wildman–Crippen LogP) is 5.65. The molecular weight excluding hydrogens is 432 g/mol. The molecule has 4 aromatic carbocycles. The van der Waals surface area contributed by atoms with E-state index < -0.39 is 17.9 Å². The number of hydrogen-bond acceptors (Lipinski definition) is 4. The van der Waals surface area contributed by atoms with Crippen LogP contribution in [0.15, 0.2) is 72.8 Å².